The summed E-state index contributed by atoms with van der Waals surface area (Å²) in [6.45, 7) is 0. The predicted octanol–water partition coefficient (Wildman–Crippen LogP) is 2.26. The summed E-state index contributed by atoms with van der Waals surface area (Å²) in [6.07, 6.45) is 10.5. The van der Waals surface area contributed by atoms with Crippen molar-refractivity contribution >= 4 is 11.8 Å². The van der Waals surface area contributed by atoms with E-state index in [2.05, 4.69) is 9.97 Å². The number of hydrogen-bond acceptors (Lipinski definition) is 4. The highest BCUT2D eigenvalue weighted by Crippen LogP contribution is 2.32. The van der Waals surface area contributed by atoms with Crippen molar-refractivity contribution in [1.82, 2.24) is 9.97 Å². The number of rotatable bonds is 3. The Labute approximate surface area is 94.3 Å². The van der Waals surface area contributed by atoms with Crippen molar-refractivity contribution in [2.24, 2.45) is 0 Å². The van der Waals surface area contributed by atoms with E-state index in [0.717, 1.165) is 36.5 Å². The standard InChI is InChI=1S/C11H16N2OS/c14-11(4-2-1-3-5-11)9-15-10-8-12-6-7-13-10/h6-8,14H,1-5,9H2. The second-order valence-electron chi connectivity index (χ2n) is 4.12. The lowest BCUT2D eigenvalue weighted by atomic mass is 9.86. The summed E-state index contributed by atoms with van der Waals surface area (Å²) in [7, 11) is 0. The van der Waals surface area contributed by atoms with Crippen LogP contribution in [0.25, 0.3) is 0 Å². The van der Waals surface area contributed by atoms with E-state index in [0.29, 0.717) is 0 Å². The summed E-state index contributed by atoms with van der Waals surface area (Å²) in [6, 6.07) is 0. The lowest BCUT2D eigenvalue weighted by molar-refractivity contribution is 0.0272. The van der Waals surface area contributed by atoms with Gasteiger partial charge >= 0.3 is 0 Å². The molecule has 0 saturated heterocycles. The van der Waals surface area contributed by atoms with E-state index in [1.54, 1.807) is 30.4 Å². The molecular weight excluding hydrogens is 208 g/mol. The fourth-order valence-corrected chi connectivity index (χ4v) is 2.90. The molecule has 0 aromatic carbocycles. The van der Waals surface area contributed by atoms with E-state index in [4.69, 9.17) is 0 Å². The van der Waals surface area contributed by atoms with Crippen LogP contribution < -0.4 is 0 Å². The lowest BCUT2D eigenvalue weighted by Gasteiger charge is -2.31. The molecule has 1 heterocycles. The first kappa shape index (κ1) is 10.9. The average molecular weight is 224 g/mol. The van der Waals surface area contributed by atoms with Gasteiger partial charge in [-0.2, -0.15) is 0 Å². The molecule has 1 saturated carbocycles. The molecule has 1 aliphatic carbocycles. The van der Waals surface area contributed by atoms with Crippen molar-refractivity contribution in [3.8, 4) is 0 Å². The third kappa shape index (κ3) is 3.18. The van der Waals surface area contributed by atoms with Gasteiger partial charge in [0.2, 0.25) is 0 Å². The molecule has 1 aromatic rings. The molecule has 0 atom stereocenters. The number of thioether (sulfide) groups is 1. The first-order valence-electron chi connectivity index (χ1n) is 5.40. The van der Waals surface area contributed by atoms with Gasteiger partial charge in [0.25, 0.3) is 0 Å². The fourth-order valence-electron chi connectivity index (χ4n) is 1.92. The molecule has 0 amide bonds. The monoisotopic (exact) mass is 224 g/mol. The van der Waals surface area contributed by atoms with Crippen molar-refractivity contribution in [3.63, 3.8) is 0 Å². The maximum atomic E-state index is 10.3. The van der Waals surface area contributed by atoms with Crippen molar-refractivity contribution in [3.05, 3.63) is 18.6 Å². The Morgan fingerprint density at radius 2 is 2.07 bits per heavy atom. The topological polar surface area (TPSA) is 46.0 Å². The van der Waals surface area contributed by atoms with E-state index >= 15 is 0 Å². The second kappa shape index (κ2) is 4.94. The van der Waals surface area contributed by atoms with Crippen molar-refractivity contribution in [1.29, 1.82) is 0 Å². The van der Waals surface area contributed by atoms with Crippen LogP contribution in [0.4, 0.5) is 0 Å². The molecule has 1 aliphatic rings. The normalized spacial score (nSPS) is 20.1. The fraction of sp³-hybridized carbons (Fsp3) is 0.636. The zero-order valence-corrected chi connectivity index (χ0v) is 9.54. The molecule has 1 fully saturated rings. The van der Waals surface area contributed by atoms with Gasteiger partial charge in [0.05, 0.1) is 11.8 Å². The molecule has 4 heteroatoms. The minimum Gasteiger partial charge on any atom is -0.389 e. The summed E-state index contributed by atoms with van der Waals surface area (Å²) in [5.74, 6) is 0.742. The van der Waals surface area contributed by atoms with Crippen LogP contribution in [0.2, 0.25) is 0 Å². The smallest absolute Gasteiger partial charge is 0.114 e. The summed E-state index contributed by atoms with van der Waals surface area (Å²) in [5.41, 5.74) is -0.472. The first-order chi connectivity index (χ1) is 7.29. The van der Waals surface area contributed by atoms with Crippen molar-refractivity contribution in [2.45, 2.75) is 42.7 Å². The van der Waals surface area contributed by atoms with Gasteiger partial charge in [-0.05, 0) is 12.8 Å². The van der Waals surface area contributed by atoms with E-state index in [9.17, 15) is 5.11 Å². The van der Waals surface area contributed by atoms with Crippen LogP contribution in [-0.2, 0) is 0 Å². The minimum absolute atomic E-state index is 0.472. The van der Waals surface area contributed by atoms with Gasteiger partial charge in [-0.3, -0.25) is 4.98 Å². The first-order valence-corrected chi connectivity index (χ1v) is 6.38. The summed E-state index contributed by atoms with van der Waals surface area (Å²) >= 11 is 1.60. The van der Waals surface area contributed by atoms with Crippen LogP contribution >= 0.6 is 11.8 Å². The van der Waals surface area contributed by atoms with E-state index < -0.39 is 5.60 Å². The summed E-state index contributed by atoms with van der Waals surface area (Å²) in [4.78, 5) is 8.19. The Kier molecular flexibility index (Phi) is 3.59. The van der Waals surface area contributed by atoms with E-state index in [1.165, 1.54) is 6.42 Å². The molecule has 0 bridgehead atoms. The van der Waals surface area contributed by atoms with Gasteiger partial charge in [-0.25, -0.2) is 4.98 Å². The highest BCUT2D eigenvalue weighted by molar-refractivity contribution is 7.99. The SMILES string of the molecule is OC1(CSc2cnccn2)CCCCC1. The van der Waals surface area contributed by atoms with Crippen LogP contribution in [0.3, 0.4) is 0 Å². The van der Waals surface area contributed by atoms with Gasteiger partial charge in [0.1, 0.15) is 5.03 Å². The molecule has 0 unspecified atom stereocenters. The molecular formula is C11H16N2OS. The lowest BCUT2D eigenvalue weighted by Crippen LogP contribution is -2.34. The second-order valence-corrected chi connectivity index (χ2v) is 5.11. The van der Waals surface area contributed by atoms with Gasteiger partial charge in [-0.15, -0.1) is 11.8 Å². The maximum Gasteiger partial charge on any atom is 0.114 e. The average Bonchev–Trinajstić information content (AvgIpc) is 2.29. The Hall–Kier alpha value is -0.610. The van der Waals surface area contributed by atoms with Crippen molar-refractivity contribution < 1.29 is 5.11 Å². The largest absolute Gasteiger partial charge is 0.389 e. The van der Waals surface area contributed by atoms with Crippen LogP contribution in [0.1, 0.15) is 32.1 Å². The zero-order valence-electron chi connectivity index (χ0n) is 8.72. The summed E-state index contributed by atoms with van der Waals surface area (Å²) < 4.78 is 0. The molecule has 0 aliphatic heterocycles. The molecule has 1 aromatic heterocycles. The maximum absolute atomic E-state index is 10.3. The molecule has 82 valence electrons. The van der Waals surface area contributed by atoms with E-state index in [1.807, 2.05) is 0 Å². The molecule has 15 heavy (non-hydrogen) atoms. The number of nitrogens with zero attached hydrogens (tertiary/aromatic N) is 2. The van der Waals surface area contributed by atoms with E-state index in [-0.39, 0.29) is 0 Å². The highest BCUT2D eigenvalue weighted by atomic mass is 32.2. The van der Waals surface area contributed by atoms with Crippen LogP contribution in [0, 0.1) is 0 Å². The van der Waals surface area contributed by atoms with Gasteiger partial charge in [0.15, 0.2) is 0 Å². The third-order valence-electron chi connectivity index (χ3n) is 2.81. The molecule has 0 radical (unpaired) electrons. The third-order valence-corrected chi connectivity index (χ3v) is 4.00. The molecule has 3 nitrogen and oxygen atoms in total. The van der Waals surface area contributed by atoms with Crippen LogP contribution in [0.15, 0.2) is 23.6 Å². The van der Waals surface area contributed by atoms with Crippen molar-refractivity contribution in [2.75, 3.05) is 5.75 Å². The zero-order chi connectivity index (χ0) is 10.6. The Balaban J connectivity index is 1.87. The van der Waals surface area contributed by atoms with Gasteiger partial charge in [-0.1, -0.05) is 19.3 Å². The van der Waals surface area contributed by atoms with Gasteiger partial charge in [0, 0.05) is 18.1 Å². The Bertz CT molecular complexity index is 299. The molecule has 1 N–H and O–H groups in total. The number of hydrogen-bond donors (Lipinski definition) is 1. The molecule has 2 rings (SSSR count). The number of aromatic nitrogens is 2. The van der Waals surface area contributed by atoms with Crippen LogP contribution in [0.5, 0.6) is 0 Å². The highest BCUT2D eigenvalue weighted by Gasteiger charge is 2.29. The minimum atomic E-state index is -0.472. The Morgan fingerprint density at radius 1 is 1.27 bits per heavy atom. The van der Waals surface area contributed by atoms with Crippen LogP contribution in [-0.4, -0.2) is 26.4 Å². The molecule has 0 spiro atoms. The Morgan fingerprint density at radius 3 is 2.73 bits per heavy atom. The van der Waals surface area contributed by atoms with Gasteiger partial charge < -0.3 is 5.11 Å². The quantitative estimate of drug-likeness (QED) is 0.800. The number of aliphatic hydroxyl groups is 1. The predicted molar refractivity (Wildman–Crippen MR) is 60.8 cm³/mol. The summed E-state index contributed by atoms with van der Waals surface area (Å²) in [5, 5.41) is 11.2.